The number of aliphatic hydroxyl groups is 1. The molecule has 0 heterocycles. The number of carboxylic acid groups (broad SMARTS) is 1. The van der Waals surface area contributed by atoms with Crippen molar-refractivity contribution in [3.05, 3.63) is 0 Å². The highest BCUT2D eigenvalue weighted by Crippen LogP contribution is 2.27. The van der Waals surface area contributed by atoms with Crippen molar-refractivity contribution >= 4 is 5.97 Å². The zero-order valence-electron chi connectivity index (χ0n) is 14.3. The fourth-order valence-corrected chi connectivity index (χ4v) is 2.29. The fourth-order valence-electron chi connectivity index (χ4n) is 2.29. The molecule has 0 aliphatic carbocycles. The number of aliphatic carboxylic acids is 1. The largest absolute Gasteiger partial charge is 0.481 e. The molecule has 0 amide bonds. The SMILES string of the molecule is CC(C)(CO)CCCCOCCCCC(C)(C)CC(=O)O. The van der Waals surface area contributed by atoms with E-state index in [1.54, 1.807) is 0 Å². The van der Waals surface area contributed by atoms with E-state index >= 15 is 0 Å². The van der Waals surface area contributed by atoms with Crippen LogP contribution in [0.25, 0.3) is 0 Å². The summed E-state index contributed by atoms with van der Waals surface area (Å²) in [7, 11) is 0. The van der Waals surface area contributed by atoms with Gasteiger partial charge in [-0.25, -0.2) is 0 Å². The van der Waals surface area contributed by atoms with Gasteiger partial charge in [-0.3, -0.25) is 4.79 Å². The molecule has 0 aromatic carbocycles. The third kappa shape index (κ3) is 12.8. The van der Waals surface area contributed by atoms with Crippen molar-refractivity contribution in [2.24, 2.45) is 10.8 Å². The van der Waals surface area contributed by atoms with Crippen LogP contribution in [0.15, 0.2) is 0 Å². The summed E-state index contributed by atoms with van der Waals surface area (Å²) in [5, 5.41) is 18.0. The molecule has 21 heavy (non-hydrogen) atoms. The van der Waals surface area contributed by atoms with Gasteiger partial charge in [0.1, 0.15) is 0 Å². The Labute approximate surface area is 129 Å². The second kappa shape index (κ2) is 10.2. The first-order valence-corrected chi connectivity index (χ1v) is 8.09. The van der Waals surface area contributed by atoms with Crippen molar-refractivity contribution in [3.63, 3.8) is 0 Å². The van der Waals surface area contributed by atoms with Crippen LogP contribution in [0.3, 0.4) is 0 Å². The van der Waals surface area contributed by atoms with Gasteiger partial charge in [-0.1, -0.05) is 40.5 Å². The lowest BCUT2D eigenvalue weighted by Crippen LogP contribution is -2.17. The Kier molecular flexibility index (Phi) is 9.88. The number of hydrogen-bond donors (Lipinski definition) is 2. The van der Waals surface area contributed by atoms with Crippen molar-refractivity contribution in [1.29, 1.82) is 0 Å². The molecular weight excluding hydrogens is 268 g/mol. The Morgan fingerprint density at radius 1 is 0.905 bits per heavy atom. The van der Waals surface area contributed by atoms with Crippen molar-refractivity contribution < 1.29 is 19.7 Å². The average molecular weight is 302 g/mol. The summed E-state index contributed by atoms with van der Waals surface area (Å²) >= 11 is 0. The van der Waals surface area contributed by atoms with E-state index in [1.165, 1.54) is 0 Å². The molecule has 0 unspecified atom stereocenters. The Bertz CT molecular complexity index is 285. The minimum Gasteiger partial charge on any atom is -0.481 e. The molecule has 0 aromatic rings. The highest BCUT2D eigenvalue weighted by atomic mass is 16.5. The lowest BCUT2D eigenvalue weighted by Gasteiger charge is -2.22. The van der Waals surface area contributed by atoms with E-state index in [0.717, 1.165) is 51.7 Å². The topological polar surface area (TPSA) is 66.8 Å². The van der Waals surface area contributed by atoms with E-state index in [1.807, 2.05) is 13.8 Å². The molecule has 0 atom stereocenters. The average Bonchev–Trinajstić information content (AvgIpc) is 2.35. The fraction of sp³-hybridized carbons (Fsp3) is 0.941. The van der Waals surface area contributed by atoms with Crippen LogP contribution in [0.5, 0.6) is 0 Å². The number of unbranched alkanes of at least 4 members (excludes halogenated alkanes) is 2. The van der Waals surface area contributed by atoms with Crippen LogP contribution >= 0.6 is 0 Å². The van der Waals surface area contributed by atoms with Crippen LogP contribution in [-0.4, -0.2) is 36.0 Å². The minimum absolute atomic E-state index is 0.0235. The molecule has 4 heteroatoms. The number of aliphatic hydroxyl groups excluding tert-OH is 1. The smallest absolute Gasteiger partial charge is 0.303 e. The predicted molar refractivity (Wildman–Crippen MR) is 85.4 cm³/mol. The lowest BCUT2D eigenvalue weighted by molar-refractivity contribution is -0.139. The van der Waals surface area contributed by atoms with Gasteiger partial charge in [0.05, 0.1) is 6.42 Å². The van der Waals surface area contributed by atoms with Crippen molar-refractivity contribution in [2.45, 2.75) is 72.6 Å². The van der Waals surface area contributed by atoms with E-state index in [4.69, 9.17) is 14.9 Å². The first-order valence-electron chi connectivity index (χ1n) is 8.09. The van der Waals surface area contributed by atoms with Crippen molar-refractivity contribution in [2.75, 3.05) is 19.8 Å². The Hall–Kier alpha value is -0.610. The molecule has 0 rings (SSSR count). The Morgan fingerprint density at radius 3 is 1.81 bits per heavy atom. The van der Waals surface area contributed by atoms with Crippen LogP contribution in [0.2, 0.25) is 0 Å². The molecule has 0 radical (unpaired) electrons. The number of rotatable bonds is 13. The van der Waals surface area contributed by atoms with Crippen LogP contribution in [0, 0.1) is 10.8 Å². The van der Waals surface area contributed by atoms with Crippen LogP contribution in [0.1, 0.15) is 72.6 Å². The summed E-state index contributed by atoms with van der Waals surface area (Å²) in [4.78, 5) is 10.7. The summed E-state index contributed by atoms with van der Waals surface area (Å²) in [5.41, 5.74) is -0.0998. The maximum Gasteiger partial charge on any atom is 0.303 e. The molecule has 0 aliphatic rings. The van der Waals surface area contributed by atoms with E-state index in [0.29, 0.717) is 0 Å². The Morgan fingerprint density at radius 2 is 1.38 bits per heavy atom. The summed E-state index contributed by atoms with van der Waals surface area (Å²) < 4.78 is 5.60. The highest BCUT2D eigenvalue weighted by molar-refractivity contribution is 5.67. The third-order valence-corrected chi connectivity index (χ3v) is 3.84. The van der Waals surface area contributed by atoms with E-state index in [9.17, 15) is 4.79 Å². The second-order valence-electron chi connectivity index (χ2n) is 7.58. The van der Waals surface area contributed by atoms with Gasteiger partial charge >= 0.3 is 5.97 Å². The molecule has 0 aromatic heterocycles. The van der Waals surface area contributed by atoms with Crippen LogP contribution in [-0.2, 0) is 9.53 Å². The quantitative estimate of drug-likeness (QED) is 0.507. The zero-order chi connectivity index (χ0) is 16.4. The number of hydrogen-bond acceptors (Lipinski definition) is 3. The number of carboxylic acids is 1. The van der Waals surface area contributed by atoms with Gasteiger partial charge in [0, 0.05) is 19.8 Å². The highest BCUT2D eigenvalue weighted by Gasteiger charge is 2.20. The minimum atomic E-state index is -0.720. The Balaban J connectivity index is 3.43. The molecule has 0 bridgehead atoms. The molecule has 0 saturated carbocycles. The van der Waals surface area contributed by atoms with E-state index in [2.05, 4.69) is 13.8 Å². The zero-order valence-corrected chi connectivity index (χ0v) is 14.3. The van der Waals surface area contributed by atoms with Crippen LogP contribution < -0.4 is 0 Å². The molecule has 0 fully saturated rings. The van der Waals surface area contributed by atoms with Gasteiger partial charge in [0.25, 0.3) is 0 Å². The van der Waals surface area contributed by atoms with Crippen LogP contribution in [0.4, 0.5) is 0 Å². The monoisotopic (exact) mass is 302 g/mol. The predicted octanol–water partition coefficient (Wildman–Crippen LogP) is 3.86. The summed E-state index contributed by atoms with van der Waals surface area (Å²) in [6.07, 6.45) is 6.30. The van der Waals surface area contributed by atoms with Crippen molar-refractivity contribution in [3.8, 4) is 0 Å². The van der Waals surface area contributed by atoms with E-state index < -0.39 is 5.97 Å². The second-order valence-corrected chi connectivity index (χ2v) is 7.58. The van der Waals surface area contributed by atoms with Crippen molar-refractivity contribution in [1.82, 2.24) is 0 Å². The maximum atomic E-state index is 10.7. The molecule has 0 saturated heterocycles. The van der Waals surface area contributed by atoms with Gasteiger partial charge in [-0.2, -0.15) is 0 Å². The summed E-state index contributed by atoms with van der Waals surface area (Å²) in [6.45, 7) is 9.93. The molecule has 0 aliphatic heterocycles. The summed E-state index contributed by atoms with van der Waals surface area (Å²) in [5.74, 6) is -0.720. The standard InChI is InChI=1S/C17H34O4/c1-16(2,13-15(19)20)9-5-7-11-21-12-8-6-10-17(3,4)14-18/h18H,5-14H2,1-4H3,(H,19,20). The third-order valence-electron chi connectivity index (χ3n) is 3.84. The molecule has 126 valence electrons. The molecular formula is C17H34O4. The maximum absolute atomic E-state index is 10.7. The van der Waals surface area contributed by atoms with Gasteiger partial charge in [0.2, 0.25) is 0 Å². The molecule has 0 spiro atoms. The van der Waals surface area contributed by atoms with Gasteiger partial charge < -0.3 is 14.9 Å². The summed E-state index contributed by atoms with van der Waals surface area (Å²) in [6, 6.07) is 0. The van der Waals surface area contributed by atoms with E-state index in [-0.39, 0.29) is 23.9 Å². The first-order chi connectivity index (χ1) is 9.68. The van der Waals surface area contributed by atoms with Gasteiger partial charge in [0.15, 0.2) is 0 Å². The lowest BCUT2D eigenvalue weighted by atomic mass is 9.84. The molecule has 4 nitrogen and oxygen atoms in total. The number of ether oxygens (including phenoxy) is 1. The first kappa shape index (κ1) is 20.4. The van der Waals surface area contributed by atoms with Gasteiger partial charge in [-0.05, 0) is 36.5 Å². The normalized spacial score (nSPS) is 12.6. The molecule has 2 N–H and O–H groups in total. The number of carbonyl (C=O) groups is 1. The van der Waals surface area contributed by atoms with Gasteiger partial charge in [-0.15, -0.1) is 0 Å².